The zero-order chi connectivity index (χ0) is 15.1. The predicted octanol–water partition coefficient (Wildman–Crippen LogP) is 3.75. The van der Waals surface area contributed by atoms with Gasteiger partial charge < -0.3 is 10.1 Å². The molecule has 0 aliphatic carbocycles. The fourth-order valence-corrected chi connectivity index (χ4v) is 2.33. The summed E-state index contributed by atoms with van der Waals surface area (Å²) in [6.07, 6.45) is 2.69. The summed E-state index contributed by atoms with van der Waals surface area (Å²) in [5, 5.41) is 3.77. The van der Waals surface area contributed by atoms with Gasteiger partial charge in [0.2, 0.25) is 0 Å². The van der Waals surface area contributed by atoms with Gasteiger partial charge in [-0.05, 0) is 24.5 Å². The van der Waals surface area contributed by atoms with Gasteiger partial charge in [0.25, 0.3) is 0 Å². The number of methoxy groups -OCH3 is 1. The molecule has 4 nitrogen and oxygen atoms in total. The van der Waals surface area contributed by atoms with Crippen molar-refractivity contribution in [2.45, 2.75) is 26.2 Å². The molecule has 5 heteroatoms. The summed E-state index contributed by atoms with van der Waals surface area (Å²) < 4.78 is 5.34. The predicted molar refractivity (Wildman–Crippen MR) is 86.2 cm³/mol. The number of nitrogens with one attached hydrogen (secondary N) is 1. The van der Waals surface area contributed by atoms with Gasteiger partial charge >= 0.3 is 0 Å². The smallest absolute Gasteiger partial charge is 0.134 e. The Morgan fingerprint density at radius 1 is 1.19 bits per heavy atom. The van der Waals surface area contributed by atoms with E-state index in [1.54, 1.807) is 13.2 Å². The minimum Gasteiger partial charge on any atom is -0.496 e. The van der Waals surface area contributed by atoms with Crippen molar-refractivity contribution in [3.05, 3.63) is 46.9 Å². The molecule has 0 aliphatic heterocycles. The van der Waals surface area contributed by atoms with Crippen LogP contribution in [0, 0.1) is 0 Å². The lowest BCUT2D eigenvalue weighted by atomic mass is 10.1. The second-order valence-electron chi connectivity index (χ2n) is 4.73. The van der Waals surface area contributed by atoms with Crippen molar-refractivity contribution in [3.8, 4) is 5.75 Å². The number of aryl methyl sites for hydroxylation is 1. The maximum atomic E-state index is 6.02. The van der Waals surface area contributed by atoms with Crippen LogP contribution in [-0.4, -0.2) is 23.6 Å². The fraction of sp³-hybridized carbons (Fsp3) is 0.375. The molecule has 0 atom stereocenters. The first-order valence-electron chi connectivity index (χ1n) is 7.12. The van der Waals surface area contributed by atoms with Crippen molar-refractivity contribution >= 4 is 17.4 Å². The quantitative estimate of drug-likeness (QED) is 0.792. The number of hydrogen-bond acceptors (Lipinski definition) is 4. The molecule has 1 aromatic heterocycles. The molecule has 0 spiro atoms. The number of para-hydroxylation sites is 1. The van der Waals surface area contributed by atoms with Crippen LogP contribution >= 0.6 is 11.6 Å². The lowest BCUT2D eigenvalue weighted by molar-refractivity contribution is 0.410. The molecule has 0 radical (unpaired) electrons. The first-order valence-corrected chi connectivity index (χ1v) is 7.50. The van der Waals surface area contributed by atoms with E-state index in [1.165, 1.54) is 5.56 Å². The van der Waals surface area contributed by atoms with Crippen molar-refractivity contribution in [3.63, 3.8) is 0 Å². The van der Waals surface area contributed by atoms with E-state index in [9.17, 15) is 0 Å². The Kier molecular flexibility index (Phi) is 5.81. The van der Waals surface area contributed by atoms with Gasteiger partial charge in [-0.2, -0.15) is 0 Å². The highest BCUT2D eigenvalue weighted by Gasteiger charge is 2.04. The molecule has 0 amide bonds. The average Bonchev–Trinajstić information content (AvgIpc) is 2.47. The van der Waals surface area contributed by atoms with Gasteiger partial charge in [0, 0.05) is 19.0 Å². The van der Waals surface area contributed by atoms with E-state index in [4.69, 9.17) is 16.3 Å². The number of benzene rings is 1. The molecule has 1 N–H and O–H groups in total. The van der Waals surface area contributed by atoms with Gasteiger partial charge in [0.1, 0.15) is 22.5 Å². The Hall–Kier alpha value is -1.81. The van der Waals surface area contributed by atoms with E-state index < -0.39 is 0 Å². The van der Waals surface area contributed by atoms with Gasteiger partial charge in [-0.1, -0.05) is 36.7 Å². The Morgan fingerprint density at radius 2 is 2.00 bits per heavy atom. The topological polar surface area (TPSA) is 47.0 Å². The summed E-state index contributed by atoms with van der Waals surface area (Å²) in [5.74, 6) is 2.46. The summed E-state index contributed by atoms with van der Waals surface area (Å²) >= 11 is 6.02. The maximum absolute atomic E-state index is 6.02. The van der Waals surface area contributed by atoms with Crippen LogP contribution in [0.15, 0.2) is 30.3 Å². The molecule has 1 heterocycles. The van der Waals surface area contributed by atoms with E-state index >= 15 is 0 Å². The minimum atomic E-state index is 0.480. The molecular weight excluding hydrogens is 286 g/mol. The number of nitrogens with zero attached hydrogens (tertiary/aromatic N) is 2. The molecule has 2 rings (SSSR count). The van der Waals surface area contributed by atoms with Crippen molar-refractivity contribution in [2.75, 3.05) is 19.0 Å². The molecule has 1 aromatic carbocycles. The van der Waals surface area contributed by atoms with Gasteiger partial charge in [-0.15, -0.1) is 0 Å². The second-order valence-corrected chi connectivity index (χ2v) is 5.12. The Morgan fingerprint density at radius 3 is 2.76 bits per heavy atom. The van der Waals surface area contributed by atoms with Gasteiger partial charge in [-0.3, -0.25) is 0 Å². The normalized spacial score (nSPS) is 10.4. The monoisotopic (exact) mass is 305 g/mol. The molecule has 0 saturated heterocycles. The van der Waals surface area contributed by atoms with Crippen molar-refractivity contribution in [1.29, 1.82) is 0 Å². The number of anilines is 1. The van der Waals surface area contributed by atoms with E-state index in [2.05, 4.69) is 28.3 Å². The van der Waals surface area contributed by atoms with E-state index in [0.29, 0.717) is 5.15 Å². The highest BCUT2D eigenvalue weighted by atomic mass is 35.5. The zero-order valence-corrected chi connectivity index (χ0v) is 13.2. The van der Waals surface area contributed by atoms with E-state index in [0.717, 1.165) is 43.2 Å². The van der Waals surface area contributed by atoms with Crippen LogP contribution in [-0.2, 0) is 12.8 Å². The maximum Gasteiger partial charge on any atom is 0.134 e. The van der Waals surface area contributed by atoms with Gasteiger partial charge in [0.15, 0.2) is 0 Å². The van der Waals surface area contributed by atoms with Crippen LogP contribution in [0.5, 0.6) is 5.75 Å². The number of ether oxygens (including phenoxy) is 1. The van der Waals surface area contributed by atoms with Crippen molar-refractivity contribution in [2.24, 2.45) is 0 Å². The molecule has 21 heavy (non-hydrogen) atoms. The third-order valence-electron chi connectivity index (χ3n) is 3.11. The fourth-order valence-electron chi connectivity index (χ4n) is 2.13. The summed E-state index contributed by atoms with van der Waals surface area (Å²) in [6.45, 7) is 2.86. The standard InChI is InChI=1S/C16H20ClN3O/c1-3-6-15-19-14(17)11-16(20-15)18-10-9-12-7-4-5-8-13(12)21-2/h4-5,7-8,11H,3,6,9-10H2,1-2H3,(H,18,19,20). The first kappa shape index (κ1) is 15.6. The van der Waals surface area contributed by atoms with Crippen LogP contribution in [0.2, 0.25) is 5.15 Å². The van der Waals surface area contributed by atoms with Crippen LogP contribution < -0.4 is 10.1 Å². The van der Waals surface area contributed by atoms with Crippen molar-refractivity contribution < 1.29 is 4.74 Å². The largest absolute Gasteiger partial charge is 0.496 e. The molecule has 0 fully saturated rings. The molecule has 0 aliphatic rings. The molecular formula is C16H20ClN3O. The molecule has 0 saturated carbocycles. The Labute approximate surface area is 130 Å². The molecule has 0 unspecified atom stereocenters. The number of aromatic nitrogens is 2. The Balaban J connectivity index is 1.97. The first-order chi connectivity index (χ1) is 10.2. The number of hydrogen-bond donors (Lipinski definition) is 1. The Bertz CT molecular complexity index is 589. The van der Waals surface area contributed by atoms with Crippen LogP contribution in [0.3, 0.4) is 0 Å². The zero-order valence-electron chi connectivity index (χ0n) is 12.4. The van der Waals surface area contributed by atoms with Gasteiger partial charge in [0.05, 0.1) is 7.11 Å². The van der Waals surface area contributed by atoms with Gasteiger partial charge in [-0.25, -0.2) is 9.97 Å². The van der Waals surface area contributed by atoms with E-state index in [-0.39, 0.29) is 0 Å². The highest BCUT2D eigenvalue weighted by molar-refractivity contribution is 6.29. The minimum absolute atomic E-state index is 0.480. The lowest BCUT2D eigenvalue weighted by Crippen LogP contribution is -2.09. The lowest BCUT2D eigenvalue weighted by Gasteiger charge is -2.10. The third kappa shape index (κ3) is 4.60. The summed E-state index contributed by atoms with van der Waals surface area (Å²) in [4.78, 5) is 8.67. The second kappa shape index (κ2) is 7.84. The summed E-state index contributed by atoms with van der Waals surface area (Å²) in [7, 11) is 1.69. The SMILES string of the molecule is CCCc1nc(Cl)cc(NCCc2ccccc2OC)n1. The molecule has 0 bridgehead atoms. The van der Waals surface area contributed by atoms with Crippen LogP contribution in [0.1, 0.15) is 24.7 Å². The highest BCUT2D eigenvalue weighted by Crippen LogP contribution is 2.18. The van der Waals surface area contributed by atoms with Crippen LogP contribution in [0.25, 0.3) is 0 Å². The van der Waals surface area contributed by atoms with Crippen molar-refractivity contribution in [1.82, 2.24) is 9.97 Å². The third-order valence-corrected chi connectivity index (χ3v) is 3.30. The molecule has 112 valence electrons. The summed E-state index contributed by atoms with van der Waals surface area (Å²) in [5.41, 5.74) is 1.17. The van der Waals surface area contributed by atoms with E-state index in [1.807, 2.05) is 18.2 Å². The summed E-state index contributed by atoms with van der Waals surface area (Å²) in [6, 6.07) is 9.77. The number of rotatable bonds is 7. The average molecular weight is 306 g/mol. The molecule has 2 aromatic rings. The van der Waals surface area contributed by atoms with Crippen LogP contribution in [0.4, 0.5) is 5.82 Å². The number of halogens is 1.